The third-order valence-corrected chi connectivity index (χ3v) is 9.48. The fourth-order valence-corrected chi connectivity index (χ4v) is 6.59. The summed E-state index contributed by atoms with van der Waals surface area (Å²) >= 11 is 0.985. The number of aliphatic hydroxyl groups excluding tert-OH is 1. The second-order valence-corrected chi connectivity index (χ2v) is 12.6. The van der Waals surface area contributed by atoms with Crippen LogP contribution in [0.1, 0.15) is 9.67 Å². The molecule has 1 aromatic carbocycles. The smallest absolute Gasteiger partial charge is 0.267 e. The Balaban J connectivity index is 1.25. The monoisotopic (exact) mass is 705 g/mol. The van der Waals surface area contributed by atoms with E-state index in [9.17, 15) is 23.5 Å². The largest absolute Gasteiger partial charge is 0.493 e. The number of methoxy groups -OCH3 is 1. The van der Waals surface area contributed by atoms with E-state index in [0.717, 1.165) is 66.7 Å². The number of anilines is 5. The number of thiazole rings is 1. The van der Waals surface area contributed by atoms with E-state index >= 15 is 0 Å². The van der Waals surface area contributed by atoms with Gasteiger partial charge in [0, 0.05) is 70.7 Å². The second kappa shape index (κ2) is 15.6. The predicted octanol–water partition coefficient (Wildman–Crippen LogP) is 3.83. The average Bonchev–Trinajstić information content (AvgIpc) is 3.62. The molecule has 4 aromatic rings. The van der Waals surface area contributed by atoms with Gasteiger partial charge in [0.25, 0.3) is 5.91 Å². The summed E-state index contributed by atoms with van der Waals surface area (Å²) in [6.45, 7) is 9.81. The molecule has 0 unspecified atom stereocenters. The standard InChI is InChI=1S/C34H37F2N9O4S/c1-3-29(47)44-13-15-45(16-14-44)32-26(43-11-9-42(10-12-43)17-18-46)19-22(20-37-32)25-7-8-27(49-2)31(39-25)41-34-38-21-28(50-34)33(48)40-30-23(35)5-4-6-24(30)36/h3-8,19-21,46H,1,9-18H2,2H3,(H,40,48)(H,38,39,41). The van der Waals surface area contributed by atoms with Crippen molar-refractivity contribution in [2.24, 2.45) is 0 Å². The molecule has 0 saturated carbocycles. The van der Waals surface area contributed by atoms with Crippen molar-refractivity contribution < 1.29 is 28.2 Å². The summed E-state index contributed by atoms with van der Waals surface area (Å²) in [6.07, 6.45) is 4.42. The number of nitrogens with one attached hydrogen (secondary N) is 2. The number of hydrogen-bond acceptors (Lipinski definition) is 12. The normalized spacial score (nSPS) is 15.2. The molecular weight excluding hydrogens is 668 g/mol. The first-order valence-corrected chi connectivity index (χ1v) is 16.9. The van der Waals surface area contributed by atoms with E-state index in [-0.39, 0.29) is 17.4 Å². The lowest BCUT2D eigenvalue weighted by Crippen LogP contribution is -2.50. The Hall–Kier alpha value is -5.19. The van der Waals surface area contributed by atoms with Gasteiger partial charge in [-0.25, -0.2) is 23.7 Å². The van der Waals surface area contributed by atoms with Gasteiger partial charge in [-0.1, -0.05) is 24.0 Å². The summed E-state index contributed by atoms with van der Waals surface area (Å²) in [5, 5.41) is 15.1. The Morgan fingerprint density at radius 2 is 1.72 bits per heavy atom. The first-order valence-electron chi connectivity index (χ1n) is 16.1. The van der Waals surface area contributed by atoms with Crippen LogP contribution < -0.4 is 25.2 Å². The minimum absolute atomic E-state index is 0.0848. The number of β-amino-alcohol motifs (C(OH)–C–C–N with tert-alkyl or cyclic N) is 1. The Bertz CT molecular complexity index is 1840. The zero-order chi connectivity index (χ0) is 35.2. The molecule has 2 saturated heterocycles. The second-order valence-electron chi connectivity index (χ2n) is 11.6. The highest BCUT2D eigenvalue weighted by Gasteiger charge is 2.27. The lowest BCUT2D eigenvalue weighted by molar-refractivity contribution is -0.126. The first kappa shape index (κ1) is 34.7. The van der Waals surface area contributed by atoms with Gasteiger partial charge in [0.2, 0.25) is 5.91 Å². The highest BCUT2D eigenvalue weighted by atomic mass is 32.1. The minimum atomic E-state index is -0.885. The summed E-state index contributed by atoms with van der Waals surface area (Å²) in [5.41, 5.74) is 1.79. The van der Waals surface area contributed by atoms with E-state index in [2.05, 4.69) is 43.0 Å². The van der Waals surface area contributed by atoms with Crippen molar-refractivity contribution in [3.05, 3.63) is 78.0 Å². The number of piperazine rings is 2. The zero-order valence-corrected chi connectivity index (χ0v) is 28.3. The van der Waals surface area contributed by atoms with Crippen LogP contribution in [0.2, 0.25) is 0 Å². The van der Waals surface area contributed by atoms with Crippen LogP contribution in [0.5, 0.6) is 5.75 Å². The number of halogens is 2. The van der Waals surface area contributed by atoms with Crippen LogP contribution in [0.3, 0.4) is 0 Å². The summed E-state index contributed by atoms with van der Waals surface area (Å²) < 4.78 is 33.7. The van der Waals surface area contributed by atoms with Gasteiger partial charge in [0.15, 0.2) is 22.5 Å². The zero-order valence-electron chi connectivity index (χ0n) is 27.4. The van der Waals surface area contributed by atoms with Crippen LogP contribution in [0.25, 0.3) is 11.3 Å². The maximum absolute atomic E-state index is 14.1. The molecule has 5 heterocycles. The number of aliphatic hydroxyl groups is 1. The third-order valence-electron chi connectivity index (χ3n) is 8.57. The maximum Gasteiger partial charge on any atom is 0.267 e. The predicted molar refractivity (Wildman–Crippen MR) is 188 cm³/mol. The SMILES string of the molecule is C=CC(=O)N1CCN(c2ncc(-c3ccc(OC)c(Nc4ncc(C(=O)Nc5c(F)cccc5F)s4)n3)cc2N2CCN(CCO)CC2)CC1. The average molecular weight is 706 g/mol. The van der Waals surface area contributed by atoms with Crippen molar-refractivity contribution in [3.8, 4) is 17.0 Å². The maximum atomic E-state index is 14.1. The van der Waals surface area contributed by atoms with Gasteiger partial charge in [-0.2, -0.15) is 0 Å². The van der Waals surface area contributed by atoms with Crippen LogP contribution in [-0.2, 0) is 4.79 Å². The number of pyridine rings is 2. The fraction of sp³-hybridized carbons (Fsp3) is 0.324. The Labute approximate surface area is 291 Å². The molecule has 2 aliphatic rings. The quantitative estimate of drug-likeness (QED) is 0.196. The van der Waals surface area contributed by atoms with Gasteiger partial charge in [0.05, 0.1) is 31.3 Å². The van der Waals surface area contributed by atoms with Gasteiger partial charge in [-0.3, -0.25) is 14.5 Å². The minimum Gasteiger partial charge on any atom is -0.493 e. The number of carbonyl (C=O) groups is 2. The molecule has 0 atom stereocenters. The molecule has 0 radical (unpaired) electrons. The summed E-state index contributed by atoms with van der Waals surface area (Å²) in [7, 11) is 1.51. The van der Waals surface area contributed by atoms with E-state index in [1.807, 2.05) is 6.07 Å². The van der Waals surface area contributed by atoms with Gasteiger partial charge < -0.3 is 35.2 Å². The van der Waals surface area contributed by atoms with Crippen molar-refractivity contribution in [2.45, 2.75) is 0 Å². The molecule has 13 nitrogen and oxygen atoms in total. The molecule has 6 rings (SSSR count). The molecule has 3 N–H and O–H groups in total. The van der Waals surface area contributed by atoms with Crippen LogP contribution in [0, 0.1) is 11.6 Å². The number of nitrogens with zero attached hydrogens (tertiary/aromatic N) is 7. The van der Waals surface area contributed by atoms with Crippen molar-refractivity contribution in [2.75, 3.05) is 93.1 Å². The van der Waals surface area contributed by atoms with Crippen LogP contribution in [0.15, 0.2) is 61.4 Å². The number of aromatic nitrogens is 3. The Kier molecular flexibility index (Phi) is 10.8. The molecule has 2 aliphatic heterocycles. The van der Waals surface area contributed by atoms with Crippen LogP contribution in [0.4, 0.5) is 36.9 Å². The highest BCUT2D eigenvalue weighted by molar-refractivity contribution is 7.17. The van der Waals surface area contributed by atoms with Gasteiger partial charge in [-0.15, -0.1) is 0 Å². The molecule has 2 fully saturated rings. The van der Waals surface area contributed by atoms with Gasteiger partial charge in [0.1, 0.15) is 22.2 Å². The van der Waals surface area contributed by atoms with Crippen molar-refractivity contribution in [1.29, 1.82) is 0 Å². The lowest BCUT2D eigenvalue weighted by Gasteiger charge is -2.40. The number of amides is 2. The lowest BCUT2D eigenvalue weighted by atomic mass is 10.1. The summed E-state index contributed by atoms with van der Waals surface area (Å²) in [4.78, 5) is 47.6. The van der Waals surface area contributed by atoms with Crippen LogP contribution in [-0.4, -0.2) is 114 Å². The number of ether oxygens (including phenoxy) is 1. The van der Waals surface area contributed by atoms with E-state index < -0.39 is 23.2 Å². The molecule has 16 heteroatoms. The summed E-state index contributed by atoms with van der Waals surface area (Å²) in [5.74, 6) is -0.965. The van der Waals surface area contributed by atoms with Crippen molar-refractivity contribution in [1.82, 2.24) is 24.8 Å². The number of rotatable bonds is 11. The van der Waals surface area contributed by atoms with E-state index in [1.165, 1.54) is 25.4 Å². The van der Waals surface area contributed by atoms with Gasteiger partial charge >= 0.3 is 0 Å². The topological polar surface area (TPSA) is 139 Å². The molecule has 262 valence electrons. The molecule has 0 spiro atoms. The van der Waals surface area contributed by atoms with Crippen LogP contribution >= 0.6 is 11.3 Å². The summed E-state index contributed by atoms with van der Waals surface area (Å²) in [6, 6.07) is 8.99. The molecular formula is C34H37F2N9O4S. The Morgan fingerprint density at radius 3 is 2.40 bits per heavy atom. The third kappa shape index (κ3) is 7.66. The van der Waals surface area contributed by atoms with Crippen molar-refractivity contribution >= 4 is 51.3 Å². The van der Waals surface area contributed by atoms with E-state index in [4.69, 9.17) is 14.7 Å². The van der Waals surface area contributed by atoms with Gasteiger partial charge in [-0.05, 0) is 36.4 Å². The number of carbonyl (C=O) groups excluding carboxylic acids is 2. The highest BCUT2D eigenvalue weighted by Crippen LogP contribution is 2.36. The molecule has 0 bridgehead atoms. The van der Waals surface area contributed by atoms with E-state index in [1.54, 1.807) is 17.2 Å². The fourth-order valence-electron chi connectivity index (χ4n) is 5.88. The molecule has 2 amide bonds. The molecule has 3 aromatic heterocycles. The number of benzene rings is 1. The van der Waals surface area contributed by atoms with Crippen molar-refractivity contribution in [3.63, 3.8) is 0 Å². The van der Waals surface area contributed by atoms with E-state index in [0.29, 0.717) is 55.1 Å². The molecule has 0 aliphatic carbocycles. The Morgan fingerprint density at radius 1 is 1.00 bits per heavy atom. The number of hydrogen-bond donors (Lipinski definition) is 3. The molecule has 50 heavy (non-hydrogen) atoms. The first-order chi connectivity index (χ1) is 24.3. The number of para-hydroxylation sites is 1.